The number of benzene rings is 1. The molecule has 1 aliphatic heterocycles. The van der Waals surface area contributed by atoms with Crippen molar-refractivity contribution in [3.05, 3.63) is 28.8 Å². The van der Waals surface area contributed by atoms with Crippen LogP contribution in [0.15, 0.2) is 18.2 Å². The lowest BCUT2D eigenvalue weighted by Gasteiger charge is -2.27. The minimum atomic E-state index is -0.830. The summed E-state index contributed by atoms with van der Waals surface area (Å²) in [5.74, 6) is -0.261. The van der Waals surface area contributed by atoms with Gasteiger partial charge in [0.1, 0.15) is 5.75 Å². The van der Waals surface area contributed by atoms with Gasteiger partial charge < -0.3 is 15.2 Å². The van der Waals surface area contributed by atoms with E-state index in [0.29, 0.717) is 43.1 Å². The van der Waals surface area contributed by atoms with Crippen molar-refractivity contribution in [3.63, 3.8) is 0 Å². The molecule has 0 fully saturated rings. The van der Waals surface area contributed by atoms with Crippen molar-refractivity contribution in [1.29, 1.82) is 0 Å². The van der Waals surface area contributed by atoms with Crippen LogP contribution >= 0.6 is 11.6 Å². The number of carbonyl (C=O) groups excluding carboxylic acids is 1. The highest BCUT2D eigenvalue weighted by atomic mass is 35.5. The fourth-order valence-corrected chi connectivity index (χ4v) is 2.60. The number of para-hydroxylation sites is 1. The van der Waals surface area contributed by atoms with Crippen molar-refractivity contribution < 1.29 is 19.4 Å². The normalized spacial score (nSPS) is 16.7. The van der Waals surface area contributed by atoms with E-state index in [-0.39, 0.29) is 18.4 Å². The van der Waals surface area contributed by atoms with Gasteiger partial charge in [-0.1, -0.05) is 23.7 Å². The Morgan fingerprint density at radius 3 is 2.86 bits per heavy atom. The van der Waals surface area contributed by atoms with Crippen LogP contribution in [-0.2, 0) is 9.59 Å². The molecule has 0 spiro atoms. The number of rotatable bonds is 6. The zero-order chi connectivity index (χ0) is 15.2. The van der Waals surface area contributed by atoms with Gasteiger partial charge in [-0.3, -0.25) is 9.59 Å². The van der Waals surface area contributed by atoms with Gasteiger partial charge in [0.25, 0.3) is 0 Å². The largest absolute Gasteiger partial charge is 0.492 e. The van der Waals surface area contributed by atoms with E-state index in [1.54, 1.807) is 6.07 Å². The molecular weight excluding hydrogens is 294 g/mol. The maximum atomic E-state index is 11.9. The van der Waals surface area contributed by atoms with Crippen LogP contribution in [0.2, 0.25) is 5.02 Å². The van der Waals surface area contributed by atoms with Crippen LogP contribution in [0.3, 0.4) is 0 Å². The van der Waals surface area contributed by atoms with E-state index >= 15 is 0 Å². The molecule has 1 amide bonds. The molecule has 1 atom stereocenters. The predicted octanol–water partition coefficient (Wildman–Crippen LogP) is 2.92. The van der Waals surface area contributed by atoms with Gasteiger partial charge in [-0.05, 0) is 18.9 Å². The topological polar surface area (TPSA) is 75.6 Å². The highest BCUT2D eigenvalue weighted by Crippen LogP contribution is 2.37. The lowest BCUT2D eigenvalue weighted by atomic mass is 10.00. The number of amides is 1. The molecule has 1 aliphatic rings. The lowest BCUT2D eigenvalue weighted by Crippen LogP contribution is -2.32. The van der Waals surface area contributed by atoms with Gasteiger partial charge in [-0.15, -0.1) is 0 Å². The number of fused-ring (bicyclic) bond motifs is 1. The minimum Gasteiger partial charge on any atom is -0.492 e. The molecule has 0 saturated carbocycles. The first-order valence-corrected chi connectivity index (χ1v) is 7.38. The fourth-order valence-electron chi connectivity index (χ4n) is 2.36. The molecule has 0 saturated heterocycles. The molecule has 2 N–H and O–H groups in total. The first kappa shape index (κ1) is 15.6. The van der Waals surface area contributed by atoms with Crippen LogP contribution in [0, 0.1) is 0 Å². The molecule has 6 heteroatoms. The molecule has 0 bridgehead atoms. The van der Waals surface area contributed by atoms with E-state index in [1.807, 2.05) is 12.1 Å². The van der Waals surface area contributed by atoms with Crippen LogP contribution < -0.4 is 10.1 Å². The van der Waals surface area contributed by atoms with Crippen molar-refractivity contribution in [2.45, 2.75) is 38.1 Å². The minimum absolute atomic E-state index is 0.0711. The number of carboxylic acid groups (broad SMARTS) is 1. The first-order chi connectivity index (χ1) is 10.1. The van der Waals surface area contributed by atoms with E-state index in [4.69, 9.17) is 21.4 Å². The number of nitrogens with one attached hydrogen (secondary N) is 1. The Bertz CT molecular complexity index is 532. The number of ether oxygens (including phenoxy) is 1. The Morgan fingerprint density at radius 1 is 1.33 bits per heavy atom. The molecule has 0 radical (unpaired) electrons. The Morgan fingerprint density at radius 2 is 2.10 bits per heavy atom. The maximum absolute atomic E-state index is 11.9. The maximum Gasteiger partial charge on any atom is 0.303 e. The zero-order valence-corrected chi connectivity index (χ0v) is 12.4. The first-order valence-electron chi connectivity index (χ1n) is 7.00. The van der Waals surface area contributed by atoms with E-state index in [2.05, 4.69) is 5.32 Å². The van der Waals surface area contributed by atoms with E-state index in [0.717, 1.165) is 5.56 Å². The predicted molar refractivity (Wildman–Crippen MR) is 78.6 cm³/mol. The number of aliphatic carboxylic acids is 1. The molecular formula is C15H18ClNO4. The third-order valence-corrected chi connectivity index (χ3v) is 3.70. The molecule has 0 aromatic heterocycles. The Balaban J connectivity index is 1.88. The third kappa shape index (κ3) is 4.36. The summed E-state index contributed by atoms with van der Waals surface area (Å²) in [6.45, 7) is 0.515. The fraction of sp³-hybridized carbons (Fsp3) is 0.467. The lowest BCUT2D eigenvalue weighted by molar-refractivity contribution is -0.137. The summed E-state index contributed by atoms with van der Waals surface area (Å²) < 4.78 is 5.54. The molecule has 1 unspecified atom stereocenters. The number of halogens is 1. The number of carboxylic acids is 1. The molecule has 5 nitrogen and oxygen atoms in total. The summed E-state index contributed by atoms with van der Waals surface area (Å²) in [4.78, 5) is 22.3. The molecule has 2 rings (SSSR count). The summed E-state index contributed by atoms with van der Waals surface area (Å²) >= 11 is 6.08. The van der Waals surface area contributed by atoms with E-state index in [9.17, 15) is 9.59 Å². The number of hydrogen-bond acceptors (Lipinski definition) is 3. The standard InChI is InChI=1S/C15H18ClNO4/c16-11-5-3-4-10-12(8-9-21-15(10)11)17-13(18)6-1-2-7-14(19)20/h3-5,12H,1-2,6-9H2,(H,17,18)(H,19,20). The highest BCUT2D eigenvalue weighted by molar-refractivity contribution is 6.32. The number of unbranched alkanes of at least 4 members (excludes halogenated alkanes) is 1. The van der Waals surface area contributed by atoms with Crippen molar-refractivity contribution in [1.82, 2.24) is 5.32 Å². The molecule has 114 valence electrons. The summed E-state index contributed by atoms with van der Waals surface area (Å²) in [6, 6.07) is 5.40. The van der Waals surface area contributed by atoms with Gasteiger partial charge >= 0.3 is 5.97 Å². The molecule has 1 aromatic carbocycles. The quantitative estimate of drug-likeness (QED) is 0.792. The second kappa shape index (κ2) is 7.31. The summed E-state index contributed by atoms with van der Waals surface area (Å²) in [6.07, 6.45) is 2.22. The van der Waals surface area contributed by atoms with Gasteiger partial charge in [0.05, 0.1) is 17.7 Å². The Labute approximate surface area is 128 Å². The SMILES string of the molecule is O=C(O)CCCCC(=O)NC1CCOc2c(Cl)cccc21. The summed E-state index contributed by atoms with van der Waals surface area (Å²) in [5.41, 5.74) is 0.896. The summed E-state index contributed by atoms with van der Waals surface area (Å²) in [5, 5.41) is 12.1. The van der Waals surface area contributed by atoms with Gasteiger partial charge in [-0.25, -0.2) is 0 Å². The monoisotopic (exact) mass is 311 g/mol. The van der Waals surface area contributed by atoms with Crippen LogP contribution in [-0.4, -0.2) is 23.6 Å². The van der Waals surface area contributed by atoms with Crippen LogP contribution in [0.1, 0.15) is 43.7 Å². The van der Waals surface area contributed by atoms with Crippen LogP contribution in [0.25, 0.3) is 0 Å². The molecule has 21 heavy (non-hydrogen) atoms. The number of hydrogen-bond donors (Lipinski definition) is 2. The van der Waals surface area contributed by atoms with E-state index in [1.165, 1.54) is 0 Å². The van der Waals surface area contributed by atoms with Gasteiger partial charge in [0.2, 0.25) is 5.91 Å². The Kier molecular flexibility index (Phi) is 5.44. The second-order valence-electron chi connectivity index (χ2n) is 5.02. The molecule has 1 heterocycles. The third-order valence-electron chi connectivity index (χ3n) is 3.41. The second-order valence-corrected chi connectivity index (χ2v) is 5.42. The van der Waals surface area contributed by atoms with Crippen molar-refractivity contribution in [2.75, 3.05) is 6.61 Å². The molecule has 0 aliphatic carbocycles. The van der Waals surface area contributed by atoms with Crippen LogP contribution in [0.4, 0.5) is 0 Å². The van der Waals surface area contributed by atoms with Gasteiger partial charge in [-0.2, -0.15) is 0 Å². The van der Waals surface area contributed by atoms with Crippen molar-refractivity contribution in [2.24, 2.45) is 0 Å². The number of carbonyl (C=O) groups is 2. The van der Waals surface area contributed by atoms with Gasteiger partial charge in [0, 0.05) is 24.8 Å². The van der Waals surface area contributed by atoms with Gasteiger partial charge in [0.15, 0.2) is 0 Å². The molecule has 1 aromatic rings. The Hall–Kier alpha value is -1.75. The smallest absolute Gasteiger partial charge is 0.303 e. The highest BCUT2D eigenvalue weighted by Gasteiger charge is 2.24. The van der Waals surface area contributed by atoms with Crippen molar-refractivity contribution in [3.8, 4) is 5.75 Å². The van der Waals surface area contributed by atoms with Crippen molar-refractivity contribution >= 4 is 23.5 Å². The summed E-state index contributed by atoms with van der Waals surface area (Å²) in [7, 11) is 0. The van der Waals surface area contributed by atoms with E-state index < -0.39 is 5.97 Å². The zero-order valence-electron chi connectivity index (χ0n) is 11.6. The van der Waals surface area contributed by atoms with Crippen LogP contribution in [0.5, 0.6) is 5.75 Å². The average Bonchev–Trinajstić information content (AvgIpc) is 2.45. The average molecular weight is 312 g/mol.